The molecule has 0 atom stereocenters. The maximum absolute atomic E-state index is 9.36. The molecular formula is C12H19BN2O2S. The number of nitrogens with one attached hydrogen (secondary N) is 1. The van der Waals surface area contributed by atoms with Crippen LogP contribution in [0.3, 0.4) is 0 Å². The molecule has 0 aromatic heterocycles. The monoisotopic (exact) mass is 266 g/mol. The van der Waals surface area contributed by atoms with Crippen LogP contribution in [0.25, 0.3) is 0 Å². The highest BCUT2D eigenvalue weighted by atomic mass is 32.1. The molecule has 0 bridgehead atoms. The lowest BCUT2D eigenvalue weighted by Crippen LogP contribution is -2.43. The second-order valence-corrected chi connectivity index (χ2v) is 5.21. The van der Waals surface area contributed by atoms with Gasteiger partial charge < -0.3 is 15.4 Å². The molecule has 1 aromatic rings. The Morgan fingerprint density at radius 2 is 2.00 bits per heavy atom. The summed E-state index contributed by atoms with van der Waals surface area (Å²) in [6, 6.07) is 3.87. The van der Waals surface area contributed by atoms with Gasteiger partial charge in [0.2, 0.25) is 0 Å². The SMILES string of the molecule is Cc1c(S)cc(CN2CCNCC2)cc1B(O)O. The fourth-order valence-corrected chi connectivity index (χ4v) is 2.56. The average Bonchev–Trinajstić information content (AvgIpc) is 2.34. The van der Waals surface area contributed by atoms with E-state index in [4.69, 9.17) is 0 Å². The zero-order valence-corrected chi connectivity index (χ0v) is 11.5. The molecule has 0 unspecified atom stereocenters. The van der Waals surface area contributed by atoms with Crippen LogP contribution in [0.4, 0.5) is 0 Å². The van der Waals surface area contributed by atoms with Crippen molar-refractivity contribution >= 4 is 25.2 Å². The number of thiol groups is 1. The molecule has 0 saturated carbocycles. The highest BCUT2D eigenvalue weighted by Gasteiger charge is 2.18. The van der Waals surface area contributed by atoms with Gasteiger partial charge in [-0.1, -0.05) is 6.07 Å². The zero-order valence-electron chi connectivity index (χ0n) is 10.6. The molecule has 3 N–H and O–H groups in total. The zero-order chi connectivity index (χ0) is 13.1. The van der Waals surface area contributed by atoms with E-state index < -0.39 is 7.12 Å². The lowest BCUT2D eigenvalue weighted by atomic mass is 9.76. The summed E-state index contributed by atoms with van der Waals surface area (Å²) < 4.78 is 0. The van der Waals surface area contributed by atoms with Crippen molar-refractivity contribution in [3.8, 4) is 0 Å². The first-order chi connectivity index (χ1) is 8.58. The summed E-state index contributed by atoms with van der Waals surface area (Å²) in [5.74, 6) is 0. The summed E-state index contributed by atoms with van der Waals surface area (Å²) in [6.45, 7) is 6.74. The maximum Gasteiger partial charge on any atom is 0.488 e. The minimum Gasteiger partial charge on any atom is -0.423 e. The standard InChI is InChI=1S/C12H19BN2O2S/c1-9-11(13(16)17)6-10(7-12(9)18)8-15-4-2-14-3-5-15/h6-7,14,16-18H,2-5,8H2,1H3. The molecule has 1 aromatic carbocycles. The van der Waals surface area contributed by atoms with Crippen LogP contribution in [-0.2, 0) is 6.54 Å². The third kappa shape index (κ3) is 3.27. The van der Waals surface area contributed by atoms with E-state index in [1.165, 1.54) is 0 Å². The lowest BCUT2D eigenvalue weighted by molar-refractivity contribution is 0.233. The minimum atomic E-state index is -1.43. The van der Waals surface area contributed by atoms with E-state index in [0.717, 1.165) is 48.7 Å². The molecule has 0 amide bonds. The van der Waals surface area contributed by atoms with Crippen molar-refractivity contribution in [1.29, 1.82) is 0 Å². The fraction of sp³-hybridized carbons (Fsp3) is 0.500. The number of hydrogen-bond donors (Lipinski definition) is 4. The maximum atomic E-state index is 9.36. The Labute approximate surface area is 114 Å². The Balaban J connectivity index is 2.17. The van der Waals surface area contributed by atoms with Crippen molar-refractivity contribution in [1.82, 2.24) is 10.2 Å². The molecule has 4 nitrogen and oxygen atoms in total. The number of piperazine rings is 1. The van der Waals surface area contributed by atoms with Gasteiger partial charge in [0.15, 0.2) is 0 Å². The molecular weight excluding hydrogens is 247 g/mol. The summed E-state index contributed by atoms with van der Waals surface area (Å²) in [7, 11) is -1.43. The van der Waals surface area contributed by atoms with E-state index in [9.17, 15) is 10.0 Å². The first-order valence-corrected chi connectivity index (χ1v) is 6.64. The number of rotatable bonds is 3. The van der Waals surface area contributed by atoms with Crippen LogP contribution in [0.2, 0.25) is 0 Å². The van der Waals surface area contributed by atoms with Crippen LogP contribution in [0.1, 0.15) is 11.1 Å². The average molecular weight is 266 g/mol. The van der Waals surface area contributed by atoms with Crippen molar-refractivity contribution in [2.24, 2.45) is 0 Å². The van der Waals surface area contributed by atoms with Crippen molar-refractivity contribution in [3.63, 3.8) is 0 Å². The third-order valence-electron chi connectivity index (χ3n) is 3.37. The van der Waals surface area contributed by atoms with E-state index in [0.29, 0.717) is 5.46 Å². The normalized spacial score (nSPS) is 16.9. The Bertz CT molecular complexity index is 423. The molecule has 2 rings (SSSR count). The minimum absolute atomic E-state index is 0.549. The highest BCUT2D eigenvalue weighted by Crippen LogP contribution is 2.15. The van der Waals surface area contributed by atoms with Crippen LogP contribution in [-0.4, -0.2) is 48.2 Å². The number of nitrogens with zero attached hydrogens (tertiary/aromatic N) is 1. The van der Waals surface area contributed by atoms with E-state index in [1.807, 2.05) is 19.1 Å². The number of benzene rings is 1. The molecule has 0 spiro atoms. The number of hydrogen-bond acceptors (Lipinski definition) is 5. The van der Waals surface area contributed by atoms with Gasteiger partial charge in [0.05, 0.1) is 0 Å². The van der Waals surface area contributed by atoms with Crippen LogP contribution in [0, 0.1) is 6.92 Å². The summed E-state index contributed by atoms with van der Waals surface area (Å²) in [5.41, 5.74) is 2.46. The Kier molecular flexibility index (Phi) is 4.69. The van der Waals surface area contributed by atoms with E-state index in [1.54, 1.807) is 0 Å². The molecule has 1 aliphatic heterocycles. The molecule has 18 heavy (non-hydrogen) atoms. The smallest absolute Gasteiger partial charge is 0.423 e. The van der Waals surface area contributed by atoms with Crippen LogP contribution >= 0.6 is 12.6 Å². The summed E-state index contributed by atoms with van der Waals surface area (Å²) in [4.78, 5) is 3.16. The van der Waals surface area contributed by atoms with E-state index >= 15 is 0 Å². The van der Waals surface area contributed by atoms with Gasteiger partial charge in [-0.2, -0.15) is 0 Å². The van der Waals surface area contributed by atoms with Gasteiger partial charge in [0.25, 0.3) is 0 Å². The first kappa shape index (κ1) is 13.9. The van der Waals surface area contributed by atoms with Gasteiger partial charge in [0, 0.05) is 37.6 Å². The largest absolute Gasteiger partial charge is 0.488 e. The Morgan fingerprint density at radius 1 is 1.33 bits per heavy atom. The topological polar surface area (TPSA) is 55.7 Å². The second kappa shape index (κ2) is 6.08. The van der Waals surface area contributed by atoms with Crippen molar-refractivity contribution in [3.05, 3.63) is 23.3 Å². The summed E-state index contributed by atoms with van der Waals surface area (Å²) in [6.07, 6.45) is 0. The summed E-state index contributed by atoms with van der Waals surface area (Å²) in [5, 5.41) is 22.0. The van der Waals surface area contributed by atoms with Gasteiger partial charge in [-0.25, -0.2) is 0 Å². The van der Waals surface area contributed by atoms with E-state index in [2.05, 4.69) is 22.8 Å². The van der Waals surface area contributed by atoms with E-state index in [-0.39, 0.29) is 0 Å². The van der Waals surface area contributed by atoms with Crippen molar-refractivity contribution < 1.29 is 10.0 Å². The molecule has 1 fully saturated rings. The predicted molar refractivity (Wildman–Crippen MR) is 76.4 cm³/mol. The van der Waals surface area contributed by atoms with Crippen LogP contribution in [0.15, 0.2) is 17.0 Å². The molecule has 0 aliphatic carbocycles. The van der Waals surface area contributed by atoms with Gasteiger partial charge in [-0.05, 0) is 29.6 Å². The summed E-state index contributed by atoms with van der Waals surface area (Å²) >= 11 is 4.40. The third-order valence-corrected chi connectivity index (χ3v) is 3.84. The Hall–Kier alpha value is -0.525. The molecule has 6 heteroatoms. The molecule has 0 radical (unpaired) electrons. The molecule has 98 valence electrons. The highest BCUT2D eigenvalue weighted by molar-refractivity contribution is 7.80. The second-order valence-electron chi connectivity index (χ2n) is 4.73. The lowest BCUT2D eigenvalue weighted by Gasteiger charge is -2.27. The fourth-order valence-electron chi connectivity index (χ4n) is 2.27. The van der Waals surface area contributed by atoms with Gasteiger partial charge >= 0.3 is 7.12 Å². The Morgan fingerprint density at radius 3 is 2.61 bits per heavy atom. The quantitative estimate of drug-likeness (QED) is 0.434. The predicted octanol–water partition coefficient (Wildman–Crippen LogP) is -0.631. The van der Waals surface area contributed by atoms with Crippen LogP contribution < -0.4 is 10.8 Å². The van der Waals surface area contributed by atoms with Crippen molar-refractivity contribution in [2.75, 3.05) is 26.2 Å². The van der Waals surface area contributed by atoms with Crippen LogP contribution in [0.5, 0.6) is 0 Å². The molecule has 1 heterocycles. The molecule has 1 aliphatic rings. The molecule has 1 saturated heterocycles. The van der Waals surface area contributed by atoms with Gasteiger partial charge in [0.1, 0.15) is 0 Å². The van der Waals surface area contributed by atoms with Gasteiger partial charge in [-0.3, -0.25) is 4.90 Å². The van der Waals surface area contributed by atoms with Crippen molar-refractivity contribution in [2.45, 2.75) is 18.4 Å². The first-order valence-electron chi connectivity index (χ1n) is 6.19. The van der Waals surface area contributed by atoms with Gasteiger partial charge in [-0.15, -0.1) is 12.6 Å².